The predicted octanol–water partition coefficient (Wildman–Crippen LogP) is 5.52. The molecule has 0 aliphatic rings. The van der Waals surface area contributed by atoms with E-state index in [2.05, 4.69) is 61.7 Å². The van der Waals surface area contributed by atoms with Gasteiger partial charge < -0.3 is 15.4 Å². The standard InChI is InChI=1S/C22H30N2OS/c1-16(2)25-20-13-11-19(12-14-20)24-21(26)23-17(3)15-22(4,5)18-9-7-6-8-10-18/h6-14,16-17H,15H2,1-5H3,(H2,23,24,26)/t17-/m1/s1. The minimum absolute atomic E-state index is 0.0825. The van der Waals surface area contributed by atoms with Gasteiger partial charge >= 0.3 is 0 Å². The highest BCUT2D eigenvalue weighted by Crippen LogP contribution is 2.28. The second-order valence-corrected chi connectivity index (χ2v) is 8.05. The van der Waals surface area contributed by atoms with Gasteiger partial charge in [-0.2, -0.15) is 0 Å². The van der Waals surface area contributed by atoms with Crippen molar-refractivity contribution < 1.29 is 4.74 Å². The highest BCUT2D eigenvalue weighted by Gasteiger charge is 2.23. The summed E-state index contributed by atoms with van der Waals surface area (Å²) in [5.74, 6) is 0.863. The molecule has 2 rings (SSSR count). The summed E-state index contributed by atoms with van der Waals surface area (Å²) < 4.78 is 5.66. The van der Waals surface area contributed by atoms with Crippen LogP contribution in [0.1, 0.15) is 46.6 Å². The molecule has 140 valence electrons. The van der Waals surface area contributed by atoms with E-state index in [1.165, 1.54) is 5.56 Å². The lowest BCUT2D eigenvalue weighted by atomic mass is 9.79. The largest absolute Gasteiger partial charge is 0.491 e. The molecule has 0 fully saturated rings. The highest BCUT2D eigenvalue weighted by molar-refractivity contribution is 7.80. The van der Waals surface area contributed by atoms with Gasteiger partial charge in [0.2, 0.25) is 0 Å². The summed E-state index contributed by atoms with van der Waals surface area (Å²) in [5.41, 5.74) is 2.38. The average Bonchev–Trinajstić information content (AvgIpc) is 2.56. The van der Waals surface area contributed by atoms with E-state index in [1.807, 2.05) is 38.1 Å². The van der Waals surface area contributed by atoms with E-state index in [4.69, 9.17) is 17.0 Å². The zero-order valence-electron chi connectivity index (χ0n) is 16.4. The molecule has 2 aromatic carbocycles. The monoisotopic (exact) mass is 370 g/mol. The third-order valence-electron chi connectivity index (χ3n) is 4.23. The lowest BCUT2D eigenvalue weighted by Crippen LogP contribution is -2.39. The van der Waals surface area contributed by atoms with Gasteiger partial charge in [-0.05, 0) is 74.7 Å². The van der Waals surface area contributed by atoms with Crippen molar-refractivity contribution in [2.75, 3.05) is 5.32 Å². The molecule has 0 bridgehead atoms. The van der Waals surface area contributed by atoms with Crippen LogP contribution >= 0.6 is 12.2 Å². The summed E-state index contributed by atoms with van der Waals surface area (Å²) in [6.07, 6.45) is 1.16. The molecular weight excluding hydrogens is 340 g/mol. The van der Waals surface area contributed by atoms with Gasteiger partial charge in [0.1, 0.15) is 5.75 Å². The molecule has 0 aliphatic carbocycles. The number of hydrogen-bond donors (Lipinski definition) is 2. The molecule has 0 amide bonds. The number of anilines is 1. The smallest absolute Gasteiger partial charge is 0.170 e. The molecule has 4 heteroatoms. The minimum atomic E-state index is 0.0825. The van der Waals surface area contributed by atoms with Gasteiger partial charge in [0.25, 0.3) is 0 Å². The maximum atomic E-state index is 5.66. The molecule has 1 atom stereocenters. The van der Waals surface area contributed by atoms with Crippen LogP contribution < -0.4 is 15.4 Å². The molecule has 0 spiro atoms. The number of benzene rings is 2. The first-order chi connectivity index (χ1) is 12.3. The first-order valence-electron chi connectivity index (χ1n) is 9.16. The fourth-order valence-electron chi connectivity index (χ4n) is 3.10. The number of hydrogen-bond acceptors (Lipinski definition) is 2. The Hall–Kier alpha value is -2.07. The van der Waals surface area contributed by atoms with Crippen LogP contribution in [0.15, 0.2) is 54.6 Å². The van der Waals surface area contributed by atoms with E-state index in [9.17, 15) is 0 Å². The normalized spacial score (nSPS) is 12.5. The van der Waals surface area contributed by atoms with Crippen molar-refractivity contribution in [1.82, 2.24) is 5.32 Å². The van der Waals surface area contributed by atoms with Crippen molar-refractivity contribution in [2.45, 2.75) is 58.6 Å². The van der Waals surface area contributed by atoms with Crippen molar-refractivity contribution in [3.8, 4) is 5.75 Å². The van der Waals surface area contributed by atoms with Crippen LogP contribution in [-0.2, 0) is 5.41 Å². The first kappa shape index (κ1) is 20.2. The summed E-state index contributed by atoms with van der Waals surface area (Å²) >= 11 is 5.47. The Morgan fingerprint density at radius 2 is 1.62 bits per heavy atom. The van der Waals surface area contributed by atoms with Gasteiger partial charge in [0.15, 0.2) is 5.11 Å². The molecular formula is C22H30N2OS. The van der Waals surface area contributed by atoms with Crippen LogP contribution in [-0.4, -0.2) is 17.3 Å². The maximum Gasteiger partial charge on any atom is 0.170 e. The van der Waals surface area contributed by atoms with Crippen molar-refractivity contribution >= 4 is 23.0 Å². The molecule has 0 heterocycles. The molecule has 0 radical (unpaired) electrons. The fourth-order valence-corrected chi connectivity index (χ4v) is 3.42. The molecule has 0 saturated heterocycles. The lowest BCUT2D eigenvalue weighted by molar-refractivity contribution is 0.242. The van der Waals surface area contributed by atoms with Gasteiger partial charge in [-0.15, -0.1) is 0 Å². The van der Waals surface area contributed by atoms with Crippen LogP contribution in [0.2, 0.25) is 0 Å². The lowest BCUT2D eigenvalue weighted by Gasteiger charge is -2.29. The summed E-state index contributed by atoms with van der Waals surface area (Å²) in [6, 6.07) is 18.7. The second-order valence-electron chi connectivity index (χ2n) is 7.64. The number of thiocarbonyl (C=S) groups is 1. The Bertz CT molecular complexity index is 696. The van der Waals surface area contributed by atoms with Crippen LogP contribution in [0.4, 0.5) is 5.69 Å². The van der Waals surface area contributed by atoms with E-state index in [0.29, 0.717) is 5.11 Å². The number of ether oxygens (including phenoxy) is 1. The molecule has 3 nitrogen and oxygen atoms in total. The topological polar surface area (TPSA) is 33.3 Å². The van der Waals surface area contributed by atoms with Crippen molar-refractivity contribution in [1.29, 1.82) is 0 Å². The summed E-state index contributed by atoms with van der Waals surface area (Å²) in [6.45, 7) is 10.7. The molecule has 0 aromatic heterocycles. The molecule has 2 aromatic rings. The minimum Gasteiger partial charge on any atom is -0.491 e. The Morgan fingerprint density at radius 1 is 1.00 bits per heavy atom. The summed E-state index contributed by atoms with van der Waals surface area (Å²) in [4.78, 5) is 0. The van der Waals surface area contributed by atoms with Crippen molar-refractivity contribution in [2.24, 2.45) is 0 Å². The third-order valence-corrected chi connectivity index (χ3v) is 4.45. The summed E-state index contributed by atoms with van der Waals surface area (Å²) in [7, 11) is 0. The SMILES string of the molecule is CC(C)Oc1ccc(NC(=S)N[C@H](C)CC(C)(C)c2ccccc2)cc1. The summed E-state index contributed by atoms with van der Waals surface area (Å²) in [5, 5.41) is 7.27. The van der Waals surface area contributed by atoms with E-state index in [1.54, 1.807) is 0 Å². The van der Waals surface area contributed by atoms with Crippen molar-refractivity contribution in [3.63, 3.8) is 0 Å². The molecule has 26 heavy (non-hydrogen) atoms. The van der Waals surface area contributed by atoms with Crippen molar-refractivity contribution in [3.05, 3.63) is 60.2 Å². The Labute approximate surface area is 163 Å². The predicted molar refractivity (Wildman–Crippen MR) is 115 cm³/mol. The molecule has 0 unspecified atom stereocenters. The van der Waals surface area contributed by atoms with Gasteiger partial charge in [-0.3, -0.25) is 0 Å². The van der Waals surface area contributed by atoms with Gasteiger partial charge in [-0.1, -0.05) is 44.2 Å². The second kappa shape index (κ2) is 9.04. The third kappa shape index (κ3) is 6.34. The van der Waals surface area contributed by atoms with E-state index >= 15 is 0 Å². The molecule has 0 aliphatic heterocycles. The van der Waals surface area contributed by atoms with Gasteiger partial charge in [-0.25, -0.2) is 0 Å². The Balaban J connectivity index is 1.87. The quantitative estimate of drug-likeness (QED) is 0.629. The van der Waals surface area contributed by atoms with E-state index in [-0.39, 0.29) is 17.6 Å². The molecule has 2 N–H and O–H groups in total. The van der Waals surface area contributed by atoms with Crippen LogP contribution in [0.25, 0.3) is 0 Å². The van der Waals surface area contributed by atoms with Crippen LogP contribution in [0, 0.1) is 0 Å². The van der Waals surface area contributed by atoms with E-state index < -0.39 is 0 Å². The maximum absolute atomic E-state index is 5.66. The zero-order chi connectivity index (χ0) is 19.2. The fraction of sp³-hybridized carbons (Fsp3) is 0.409. The van der Waals surface area contributed by atoms with E-state index in [0.717, 1.165) is 17.9 Å². The molecule has 0 saturated carbocycles. The Morgan fingerprint density at radius 3 is 2.19 bits per heavy atom. The Kier molecular flexibility index (Phi) is 7.04. The van der Waals surface area contributed by atoms with Gasteiger partial charge in [0.05, 0.1) is 6.10 Å². The van der Waals surface area contributed by atoms with Crippen LogP contribution in [0.5, 0.6) is 5.75 Å². The first-order valence-corrected chi connectivity index (χ1v) is 9.57. The highest BCUT2D eigenvalue weighted by atomic mass is 32.1. The van der Waals surface area contributed by atoms with Gasteiger partial charge in [0, 0.05) is 11.7 Å². The number of rotatable bonds is 7. The average molecular weight is 371 g/mol. The number of nitrogens with one attached hydrogen (secondary N) is 2. The zero-order valence-corrected chi connectivity index (χ0v) is 17.2. The van der Waals surface area contributed by atoms with Crippen LogP contribution in [0.3, 0.4) is 0 Å².